The fourth-order valence-electron chi connectivity index (χ4n) is 5.08. The molecule has 1 saturated heterocycles. The van der Waals surface area contributed by atoms with Gasteiger partial charge in [-0.1, -0.05) is 43.5 Å². The summed E-state index contributed by atoms with van der Waals surface area (Å²) in [5, 5.41) is 7.43. The van der Waals surface area contributed by atoms with Crippen LogP contribution in [-0.2, 0) is 19.1 Å². The Hall–Kier alpha value is -2.97. The second-order valence-electron chi connectivity index (χ2n) is 9.16. The predicted molar refractivity (Wildman–Crippen MR) is 130 cm³/mol. The summed E-state index contributed by atoms with van der Waals surface area (Å²) in [7, 11) is 0. The monoisotopic (exact) mass is 467 g/mol. The molecule has 0 unspecified atom stereocenters. The van der Waals surface area contributed by atoms with E-state index in [1.807, 2.05) is 24.3 Å². The van der Waals surface area contributed by atoms with Crippen molar-refractivity contribution in [2.24, 2.45) is 0 Å². The lowest BCUT2D eigenvalue weighted by molar-refractivity contribution is -0.125. The van der Waals surface area contributed by atoms with Gasteiger partial charge in [-0.05, 0) is 35.7 Å². The summed E-state index contributed by atoms with van der Waals surface area (Å²) in [6, 6.07) is 11.0. The number of anilines is 1. The Morgan fingerprint density at radius 1 is 1.03 bits per heavy atom. The SMILES string of the molecule is CC(=O)Nc1cc2ccccc2cc1C(=O)OCC(=O)NCC1(N2CCOCC2)CCCCC1. The fourth-order valence-corrected chi connectivity index (χ4v) is 5.08. The van der Waals surface area contributed by atoms with Gasteiger partial charge in [0.1, 0.15) is 0 Å². The van der Waals surface area contributed by atoms with E-state index in [1.54, 1.807) is 12.1 Å². The molecule has 182 valence electrons. The maximum absolute atomic E-state index is 12.8. The molecule has 0 radical (unpaired) electrons. The summed E-state index contributed by atoms with van der Waals surface area (Å²) in [4.78, 5) is 39.6. The van der Waals surface area contributed by atoms with Crippen LogP contribution in [0.4, 0.5) is 5.69 Å². The van der Waals surface area contributed by atoms with Crippen LogP contribution in [-0.4, -0.2) is 67.7 Å². The number of ether oxygens (including phenoxy) is 2. The quantitative estimate of drug-likeness (QED) is 0.608. The molecular weight excluding hydrogens is 434 g/mol. The van der Waals surface area contributed by atoms with Crippen LogP contribution in [0.3, 0.4) is 0 Å². The lowest BCUT2D eigenvalue weighted by atomic mass is 9.79. The molecule has 0 spiro atoms. The van der Waals surface area contributed by atoms with E-state index < -0.39 is 5.97 Å². The molecular formula is C26H33N3O5. The number of fused-ring (bicyclic) bond motifs is 1. The number of nitrogens with zero attached hydrogens (tertiary/aromatic N) is 1. The van der Waals surface area contributed by atoms with Gasteiger partial charge in [-0.2, -0.15) is 0 Å². The van der Waals surface area contributed by atoms with Crippen LogP contribution in [0.25, 0.3) is 10.8 Å². The Labute approximate surface area is 200 Å². The van der Waals surface area contributed by atoms with Crippen molar-refractivity contribution in [3.63, 3.8) is 0 Å². The third-order valence-corrected chi connectivity index (χ3v) is 6.83. The topological polar surface area (TPSA) is 97.0 Å². The van der Waals surface area contributed by atoms with Gasteiger partial charge in [0, 0.05) is 32.1 Å². The first-order valence-corrected chi connectivity index (χ1v) is 12.0. The number of carbonyl (C=O) groups excluding carboxylic acids is 3. The van der Waals surface area contributed by atoms with Gasteiger partial charge in [-0.3, -0.25) is 14.5 Å². The van der Waals surface area contributed by atoms with Crippen molar-refractivity contribution in [3.8, 4) is 0 Å². The van der Waals surface area contributed by atoms with Crippen LogP contribution in [0, 0.1) is 0 Å². The summed E-state index contributed by atoms with van der Waals surface area (Å²) >= 11 is 0. The Morgan fingerprint density at radius 2 is 1.71 bits per heavy atom. The number of hydrogen-bond donors (Lipinski definition) is 2. The molecule has 2 amide bonds. The molecule has 2 fully saturated rings. The number of morpholine rings is 1. The minimum atomic E-state index is -0.648. The predicted octanol–water partition coefficient (Wildman–Crippen LogP) is 3.11. The largest absolute Gasteiger partial charge is 0.452 e. The summed E-state index contributed by atoms with van der Waals surface area (Å²) in [5.41, 5.74) is 0.530. The molecule has 0 bridgehead atoms. The van der Waals surface area contributed by atoms with Crippen molar-refractivity contribution in [2.75, 3.05) is 44.8 Å². The highest BCUT2D eigenvalue weighted by Gasteiger charge is 2.38. The second-order valence-corrected chi connectivity index (χ2v) is 9.16. The van der Waals surface area contributed by atoms with Crippen molar-refractivity contribution < 1.29 is 23.9 Å². The van der Waals surface area contributed by atoms with E-state index in [0.717, 1.165) is 62.8 Å². The average Bonchev–Trinajstić information content (AvgIpc) is 2.86. The first-order chi connectivity index (χ1) is 16.5. The van der Waals surface area contributed by atoms with Crippen LogP contribution in [0.5, 0.6) is 0 Å². The molecule has 34 heavy (non-hydrogen) atoms. The standard InChI is InChI=1S/C26H33N3O5/c1-19(30)28-23-16-21-8-4-3-7-20(21)15-22(23)25(32)34-17-24(31)27-18-26(9-5-2-6-10-26)29-11-13-33-14-12-29/h3-4,7-8,15-16H,2,5-6,9-14,17-18H2,1H3,(H,27,31)(H,28,30). The van der Waals surface area contributed by atoms with Gasteiger partial charge >= 0.3 is 5.97 Å². The van der Waals surface area contributed by atoms with Crippen molar-refractivity contribution in [2.45, 2.75) is 44.6 Å². The van der Waals surface area contributed by atoms with Crippen LogP contribution in [0.2, 0.25) is 0 Å². The third-order valence-electron chi connectivity index (χ3n) is 6.83. The molecule has 1 aliphatic heterocycles. The van der Waals surface area contributed by atoms with E-state index in [4.69, 9.17) is 9.47 Å². The van der Waals surface area contributed by atoms with E-state index in [-0.39, 0.29) is 29.5 Å². The number of rotatable bonds is 7. The number of esters is 1. The van der Waals surface area contributed by atoms with E-state index in [1.165, 1.54) is 13.3 Å². The zero-order chi connectivity index (χ0) is 24.0. The average molecular weight is 468 g/mol. The van der Waals surface area contributed by atoms with Crippen molar-refractivity contribution in [1.29, 1.82) is 0 Å². The Bertz CT molecular complexity index is 1040. The lowest BCUT2D eigenvalue weighted by Gasteiger charge is -2.48. The van der Waals surface area contributed by atoms with Crippen LogP contribution in [0.1, 0.15) is 49.4 Å². The Balaban J connectivity index is 1.39. The highest BCUT2D eigenvalue weighted by molar-refractivity contribution is 6.05. The van der Waals surface area contributed by atoms with Gasteiger partial charge in [0.25, 0.3) is 5.91 Å². The van der Waals surface area contributed by atoms with Gasteiger partial charge in [-0.15, -0.1) is 0 Å². The molecule has 0 atom stereocenters. The molecule has 2 aliphatic rings. The van der Waals surface area contributed by atoms with Gasteiger partial charge < -0.3 is 20.1 Å². The number of nitrogens with one attached hydrogen (secondary N) is 2. The number of benzene rings is 2. The van der Waals surface area contributed by atoms with Gasteiger partial charge in [-0.25, -0.2) is 4.79 Å². The Morgan fingerprint density at radius 3 is 2.38 bits per heavy atom. The minimum absolute atomic E-state index is 0.0569. The molecule has 1 aliphatic carbocycles. The summed E-state index contributed by atoms with van der Waals surface area (Å²) in [6.45, 7) is 4.73. The molecule has 4 rings (SSSR count). The van der Waals surface area contributed by atoms with Crippen molar-refractivity contribution >= 4 is 34.2 Å². The second kappa shape index (κ2) is 11.0. The van der Waals surface area contributed by atoms with Crippen LogP contribution >= 0.6 is 0 Å². The first-order valence-electron chi connectivity index (χ1n) is 12.0. The highest BCUT2D eigenvalue weighted by Crippen LogP contribution is 2.34. The molecule has 1 heterocycles. The molecule has 8 heteroatoms. The summed E-state index contributed by atoms with van der Waals surface area (Å²) in [6.07, 6.45) is 5.61. The van der Waals surface area contributed by atoms with E-state index >= 15 is 0 Å². The smallest absolute Gasteiger partial charge is 0.340 e. The third kappa shape index (κ3) is 5.74. The zero-order valence-corrected chi connectivity index (χ0v) is 19.7. The van der Waals surface area contributed by atoms with Crippen LogP contribution < -0.4 is 10.6 Å². The first kappa shape index (κ1) is 24.2. The number of amides is 2. The van der Waals surface area contributed by atoms with Crippen molar-refractivity contribution in [3.05, 3.63) is 42.0 Å². The maximum Gasteiger partial charge on any atom is 0.340 e. The summed E-state index contributed by atoms with van der Waals surface area (Å²) < 4.78 is 10.9. The maximum atomic E-state index is 12.8. The highest BCUT2D eigenvalue weighted by atomic mass is 16.5. The molecule has 2 N–H and O–H groups in total. The van der Waals surface area contributed by atoms with E-state index in [2.05, 4.69) is 15.5 Å². The normalized spacial score (nSPS) is 18.3. The molecule has 2 aromatic carbocycles. The van der Waals surface area contributed by atoms with Gasteiger partial charge in [0.2, 0.25) is 5.91 Å². The van der Waals surface area contributed by atoms with Gasteiger partial charge in [0.15, 0.2) is 6.61 Å². The van der Waals surface area contributed by atoms with E-state index in [9.17, 15) is 14.4 Å². The fraction of sp³-hybridized carbons (Fsp3) is 0.500. The minimum Gasteiger partial charge on any atom is -0.452 e. The molecule has 1 saturated carbocycles. The number of hydrogen-bond acceptors (Lipinski definition) is 6. The zero-order valence-electron chi connectivity index (χ0n) is 19.7. The summed E-state index contributed by atoms with van der Waals surface area (Å²) in [5.74, 6) is -1.26. The van der Waals surface area contributed by atoms with Crippen LogP contribution in [0.15, 0.2) is 36.4 Å². The Kier molecular flexibility index (Phi) is 7.80. The molecule has 0 aromatic heterocycles. The van der Waals surface area contributed by atoms with Gasteiger partial charge in [0.05, 0.1) is 24.5 Å². The van der Waals surface area contributed by atoms with E-state index in [0.29, 0.717) is 12.2 Å². The van der Waals surface area contributed by atoms with Crippen molar-refractivity contribution in [1.82, 2.24) is 10.2 Å². The molecule has 8 nitrogen and oxygen atoms in total. The molecule has 2 aromatic rings. The number of carbonyl (C=O) groups is 3. The lowest BCUT2D eigenvalue weighted by Crippen LogP contribution is -2.59.